The summed E-state index contributed by atoms with van der Waals surface area (Å²) in [5.74, 6) is 1.86. The van der Waals surface area contributed by atoms with Crippen LogP contribution < -0.4 is 25.0 Å². The minimum absolute atomic E-state index is 0.0471. The van der Waals surface area contributed by atoms with Gasteiger partial charge in [-0.25, -0.2) is 4.79 Å². The standard InChI is InChI=1S/C25H33N3O4/c1-6-31-20-10-7-18(8-11-20)26-24(30)27-19-9-12-21-22(15-19)32-16-25(4,5)23(29)28(21)14-13-17(2)3/h7-12,15,17H,6,13-14,16H2,1-5H3,(H2,26,27,30). The molecule has 0 aromatic heterocycles. The average Bonchev–Trinajstić information content (AvgIpc) is 2.83. The number of rotatable bonds is 7. The number of carbonyl (C=O) groups excluding carboxylic acids is 2. The van der Waals surface area contributed by atoms with Gasteiger partial charge in [0.25, 0.3) is 0 Å². The van der Waals surface area contributed by atoms with Gasteiger partial charge in [-0.1, -0.05) is 13.8 Å². The summed E-state index contributed by atoms with van der Waals surface area (Å²) >= 11 is 0. The monoisotopic (exact) mass is 439 g/mol. The molecular formula is C25H33N3O4. The van der Waals surface area contributed by atoms with Crippen molar-refractivity contribution in [2.24, 2.45) is 11.3 Å². The molecule has 0 atom stereocenters. The highest BCUT2D eigenvalue weighted by Crippen LogP contribution is 2.38. The molecule has 2 N–H and O–H groups in total. The van der Waals surface area contributed by atoms with E-state index in [2.05, 4.69) is 24.5 Å². The predicted octanol–water partition coefficient (Wildman–Crippen LogP) is 5.53. The second-order valence-electron chi connectivity index (χ2n) is 9.03. The Kier molecular flexibility index (Phi) is 7.28. The number of nitrogens with zero attached hydrogens (tertiary/aromatic N) is 1. The van der Waals surface area contributed by atoms with E-state index in [0.717, 1.165) is 17.9 Å². The van der Waals surface area contributed by atoms with Gasteiger partial charge in [-0.05, 0) is 69.5 Å². The molecule has 1 heterocycles. The highest BCUT2D eigenvalue weighted by molar-refractivity contribution is 6.02. The van der Waals surface area contributed by atoms with Crippen molar-refractivity contribution in [3.05, 3.63) is 42.5 Å². The van der Waals surface area contributed by atoms with Gasteiger partial charge in [-0.2, -0.15) is 0 Å². The maximum Gasteiger partial charge on any atom is 0.323 e. The number of ether oxygens (including phenoxy) is 2. The minimum atomic E-state index is -0.630. The lowest BCUT2D eigenvalue weighted by molar-refractivity contribution is -0.127. The quantitative estimate of drug-likeness (QED) is 0.595. The number of urea groups is 1. The maximum absolute atomic E-state index is 13.1. The van der Waals surface area contributed by atoms with Crippen molar-refractivity contribution in [1.82, 2.24) is 0 Å². The van der Waals surface area contributed by atoms with E-state index in [1.165, 1.54) is 0 Å². The van der Waals surface area contributed by atoms with Gasteiger partial charge in [0, 0.05) is 24.0 Å². The first kappa shape index (κ1) is 23.4. The Morgan fingerprint density at radius 1 is 1.12 bits per heavy atom. The third-order valence-corrected chi connectivity index (χ3v) is 5.27. The zero-order chi connectivity index (χ0) is 23.3. The molecule has 7 nitrogen and oxygen atoms in total. The number of fused-ring (bicyclic) bond motifs is 1. The van der Waals surface area contributed by atoms with Crippen molar-refractivity contribution in [3.63, 3.8) is 0 Å². The Labute approximate surface area is 190 Å². The van der Waals surface area contributed by atoms with Gasteiger partial charge in [0.15, 0.2) is 0 Å². The van der Waals surface area contributed by atoms with Crippen molar-refractivity contribution in [3.8, 4) is 11.5 Å². The van der Waals surface area contributed by atoms with Gasteiger partial charge in [-0.15, -0.1) is 0 Å². The van der Waals surface area contributed by atoms with Crippen LogP contribution in [0.5, 0.6) is 11.5 Å². The van der Waals surface area contributed by atoms with Crippen molar-refractivity contribution < 1.29 is 19.1 Å². The van der Waals surface area contributed by atoms with E-state index in [0.29, 0.717) is 36.2 Å². The first-order valence-electron chi connectivity index (χ1n) is 11.1. The van der Waals surface area contributed by atoms with Crippen molar-refractivity contribution in [2.45, 2.75) is 41.0 Å². The summed E-state index contributed by atoms with van der Waals surface area (Å²) in [6.45, 7) is 11.5. The van der Waals surface area contributed by atoms with Gasteiger partial charge in [0.05, 0.1) is 17.7 Å². The second kappa shape index (κ2) is 9.94. The van der Waals surface area contributed by atoms with E-state index < -0.39 is 5.41 Å². The lowest BCUT2D eigenvalue weighted by Crippen LogP contribution is -2.42. The van der Waals surface area contributed by atoms with Gasteiger partial charge in [0.2, 0.25) is 5.91 Å². The molecule has 0 radical (unpaired) electrons. The van der Waals surface area contributed by atoms with Crippen LogP contribution in [0.4, 0.5) is 21.9 Å². The van der Waals surface area contributed by atoms with Crippen molar-refractivity contribution in [1.29, 1.82) is 0 Å². The van der Waals surface area contributed by atoms with E-state index in [9.17, 15) is 9.59 Å². The molecule has 172 valence electrons. The highest BCUT2D eigenvalue weighted by Gasteiger charge is 2.37. The summed E-state index contributed by atoms with van der Waals surface area (Å²) in [5.41, 5.74) is 1.35. The molecule has 32 heavy (non-hydrogen) atoms. The van der Waals surface area contributed by atoms with E-state index in [1.54, 1.807) is 36.4 Å². The lowest BCUT2D eigenvalue weighted by Gasteiger charge is -2.28. The topological polar surface area (TPSA) is 79.9 Å². The maximum atomic E-state index is 13.1. The number of hydrogen-bond acceptors (Lipinski definition) is 4. The van der Waals surface area contributed by atoms with E-state index in [-0.39, 0.29) is 18.5 Å². The Balaban J connectivity index is 1.74. The highest BCUT2D eigenvalue weighted by atomic mass is 16.5. The van der Waals surface area contributed by atoms with Crippen LogP contribution in [0.3, 0.4) is 0 Å². The summed E-state index contributed by atoms with van der Waals surface area (Å²) in [6.07, 6.45) is 0.895. The molecule has 2 aromatic carbocycles. The van der Waals surface area contributed by atoms with E-state index >= 15 is 0 Å². The predicted molar refractivity (Wildman–Crippen MR) is 128 cm³/mol. The van der Waals surface area contributed by atoms with Gasteiger partial charge in [0.1, 0.15) is 18.1 Å². The van der Waals surface area contributed by atoms with Crippen LogP contribution in [0.15, 0.2) is 42.5 Å². The summed E-state index contributed by atoms with van der Waals surface area (Å²) in [5, 5.41) is 5.64. The zero-order valence-electron chi connectivity index (χ0n) is 19.5. The van der Waals surface area contributed by atoms with Crippen LogP contribution in [0, 0.1) is 11.3 Å². The molecule has 0 aliphatic carbocycles. The molecule has 1 aliphatic rings. The second-order valence-corrected chi connectivity index (χ2v) is 9.03. The zero-order valence-corrected chi connectivity index (χ0v) is 19.5. The van der Waals surface area contributed by atoms with Gasteiger partial charge >= 0.3 is 6.03 Å². The van der Waals surface area contributed by atoms with Crippen LogP contribution in [0.25, 0.3) is 0 Å². The smallest absolute Gasteiger partial charge is 0.323 e. The molecule has 3 rings (SSSR count). The van der Waals surface area contributed by atoms with Crippen molar-refractivity contribution in [2.75, 3.05) is 35.3 Å². The summed E-state index contributed by atoms with van der Waals surface area (Å²) in [6, 6.07) is 12.2. The Morgan fingerprint density at radius 2 is 1.78 bits per heavy atom. The lowest BCUT2D eigenvalue weighted by atomic mass is 9.92. The van der Waals surface area contributed by atoms with Crippen LogP contribution in [0.2, 0.25) is 0 Å². The number of amides is 3. The van der Waals surface area contributed by atoms with Crippen LogP contribution in [-0.2, 0) is 4.79 Å². The fourth-order valence-electron chi connectivity index (χ4n) is 3.43. The third kappa shape index (κ3) is 5.72. The number of hydrogen-bond donors (Lipinski definition) is 2. The number of anilines is 3. The molecule has 0 saturated heterocycles. The SMILES string of the molecule is CCOc1ccc(NC(=O)Nc2ccc3c(c2)OCC(C)(C)C(=O)N3CCC(C)C)cc1. The number of benzene rings is 2. The third-order valence-electron chi connectivity index (χ3n) is 5.27. The Hall–Kier alpha value is -3.22. The van der Waals surface area contributed by atoms with Crippen LogP contribution in [0.1, 0.15) is 41.0 Å². The number of nitrogens with one attached hydrogen (secondary N) is 2. The fourth-order valence-corrected chi connectivity index (χ4v) is 3.43. The summed E-state index contributed by atoms with van der Waals surface area (Å²) in [4.78, 5) is 27.4. The normalized spacial score (nSPS) is 14.9. The molecule has 3 amide bonds. The summed E-state index contributed by atoms with van der Waals surface area (Å²) < 4.78 is 11.4. The molecule has 0 fully saturated rings. The first-order chi connectivity index (χ1) is 15.2. The molecule has 0 unspecified atom stereocenters. The molecule has 0 spiro atoms. The average molecular weight is 440 g/mol. The molecule has 0 saturated carbocycles. The molecule has 2 aromatic rings. The molecular weight excluding hydrogens is 406 g/mol. The number of carbonyl (C=O) groups is 2. The van der Waals surface area contributed by atoms with Crippen LogP contribution >= 0.6 is 0 Å². The molecule has 7 heteroatoms. The first-order valence-corrected chi connectivity index (χ1v) is 11.1. The Morgan fingerprint density at radius 3 is 2.44 bits per heavy atom. The summed E-state index contributed by atoms with van der Waals surface area (Å²) in [7, 11) is 0. The van der Waals surface area contributed by atoms with Gasteiger partial charge < -0.3 is 25.0 Å². The van der Waals surface area contributed by atoms with Crippen molar-refractivity contribution >= 4 is 29.0 Å². The Bertz CT molecular complexity index is 954. The van der Waals surface area contributed by atoms with Gasteiger partial charge in [-0.3, -0.25) is 4.79 Å². The van der Waals surface area contributed by atoms with Crippen LogP contribution in [-0.4, -0.2) is 31.7 Å². The fraction of sp³-hybridized carbons (Fsp3) is 0.440. The van der Waals surface area contributed by atoms with E-state index in [4.69, 9.17) is 9.47 Å². The largest absolute Gasteiger partial charge is 0.494 e. The minimum Gasteiger partial charge on any atom is -0.494 e. The molecule has 1 aliphatic heterocycles. The molecule has 0 bridgehead atoms. The van der Waals surface area contributed by atoms with E-state index in [1.807, 2.05) is 31.7 Å².